The molecule has 0 aliphatic carbocycles. The minimum absolute atomic E-state index is 0.0554. The van der Waals surface area contributed by atoms with Crippen molar-refractivity contribution in [3.63, 3.8) is 0 Å². The summed E-state index contributed by atoms with van der Waals surface area (Å²) in [5.41, 5.74) is -0.181. The fraction of sp³-hybridized carbons (Fsp3) is 0.235. The van der Waals surface area contributed by atoms with E-state index < -0.39 is 16.2 Å². The van der Waals surface area contributed by atoms with Crippen LogP contribution in [0.25, 0.3) is 10.9 Å². The van der Waals surface area contributed by atoms with Gasteiger partial charge < -0.3 is 4.74 Å². The van der Waals surface area contributed by atoms with E-state index in [0.717, 1.165) is 10.1 Å². The van der Waals surface area contributed by atoms with Crippen LogP contribution in [0, 0.1) is 10.1 Å². The smallest absolute Gasteiger partial charge is 0.331 e. The van der Waals surface area contributed by atoms with Crippen molar-refractivity contribution in [2.24, 2.45) is 0 Å². The summed E-state index contributed by atoms with van der Waals surface area (Å²) in [4.78, 5) is 40.0. The van der Waals surface area contributed by atoms with Crippen LogP contribution in [0.4, 0.5) is 5.69 Å². The molecule has 2 aromatic heterocycles. The van der Waals surface area contributed by atoms with Gasteiger partial charge in [0.1, 0.15) is 0 Å². The predicted octanol–water partition coefficient (Wildman–Crippen LogP) is 1.16. The van der Waals surface area contributed by atoms with Crippen LogP contribution in [0.5, 0.6) is 0 Å². The zero-order chi connectivity index (χ0) is 18.7. The summed E-state index contributed by atoms with van der Waals surface area (Å²) < 4.78 is 7.41. The second kappa shape index (κ2) is 7.28. The number of nitro groups is 1. The first kappa shape index (κ1) is 17.5. The van der Waals surface area contributed by atoms with Gasteiger partial charge in [-0.3, -0.25) is 29.0 Å². The first-order valence-electron chi connectivity index (χ1n) is 7.82. The van der Waals surface area contributed by atoms with Gasteiger partial charge >= 0.3 is 5.69 Å². The van der Waals surface area contributed by atoms with E-state index in [4.69, 9.17) is 4.74 Å². The molecule has 0 N–H and O–H groups in total. The summed E-state index contributed by atoms with van der Waals surface area (Å²) in [6.45, 7) is 0.413. The molecule has 3 rings (SSSR count). The zero-order valence-electron chi connectivity index (χ0n) is 14.0. The molecule has 1 aromatic carbocycles. The monoisotopic (exact) mass is 356 g/mol. The van der Waals surface area contributed by atoms with Crippen LogP contribution < -0.4 is 11.2 Å². The molecule has 0 bridgehead atoms. The van der Waals surface area contributed by atoms with E-state index >= 15 is 0 Å². The van der Waals surface area contributed by atoms with Crippen molar-refractivity contribution in [2.45, 2.75) is 13.1 Å². The highest BCUT2D eigenvalue weighted by molar-refractivity contribution is 5.80. The van der Waals surface area contributed by atoms with Crippen LogP contribution in [0.2, 0.25) is 0 Å². The number of pyridine rings is 1. The number of aromatic nitrogens is 3. The SMILES string of the molecule is COCCn1c(=O)c2cc([N+](=O)[O-])ccc2n(Cc2cccnc2)c1=O. The summed E-state index contributed by atoms with van der Waals surface area (Å²) in [5.74, 6) is 0. The minimum Gasteiger partial charge on any atom is -0.383 e. The molecular weight excluding hydrogens is 340 g/mol. The van der Waals surface area contributed by atoms with Crippen molar-refractivity contribution in [1.82, 2.24) is 14.1 Å². The topological polar surface area (TPSA) is 109 Å². The highest BCUT2D eigenvalue weighted by Gasteiger charge is 2.16. The van der Waals surface area contributed by atoms with Crippen LogP contribution in [-0.2, 0) is 17.8 Å². The number of rotatable bonds is 6. The van der Waals surface area contributed by atoms with Crippen molar-refractivity contribution in [3.8, 4) is 0 Å². The highest BCUT2D eigenvalue weighted by atomic mass is 16.6. The van der Waals surface area contributed by atoms with E-state index in [9.17, 15) is 19.7 Å². The molecule has 0 saturated carbocycles. The van der Waals surface area contributed by atoms with Gasteiger partial charge in [-0.25, -0.2) is 4.79 Å². The van der Waals surface area contributed by atoms with Crippen LogP contribution in [0.1, 0.15) is 5.56 Å². The van der Waals surface area contributed by atoms with Gasteiger partial charge in [0.15, 0.2) is 0 Å². The molecule has 0 aliphatic rings. The molecular formula is C17H16N4O5. The Balaban J connectivity index is 2.28. The maximum absolute atomic E-state index is 12.8. The second-order valence-corrected chi connectivity index (χ2v) is 5.64. The van der Waals surface area contributed by atoms with E-state index in [-0.39, 0.29) is 30.8 Å². The van der Waals surface area contributed by atoms with Crippen LogP contribution in [0.3, 0.4) is 0 Å². The highest BCUT2D eigenvalue weighted by Crippen LogP contribution is 2.18. The third-order valence-corrected chi connectivity index (χ3v) is 4.00. The van der Waals surface area contributed by atoms with Gasteiger partial charge in [-0.15, -0.1) is 0 Å². The van der Waals surface area contributed by atoms with Crippen molar-refractivity contribution in [3.05, 3.63) is 79.2 Å². The van der Waals surface area contributed by atoms with Crippen molar-refractivity contribution >= 4 is 16.6 Å². The molecule has 2 heterocycles. The molecule has 134 valence electrons. The van der Waals surface area contributed by atoms with Crippen molar-refractivity contribution in [2.75, 3.05) is 13.7 Å². The van der Waals surface area contributed by atoms with Gasteiger partial charge in [-0.05, 0) is 17.7 Å². The Labute approximate surface area is 147 Å². The number of ether oxygens (including phenoxy) is 1. The average Bonchev–Trinajstić information content (AvgIpc) is 2.65. The fourth-order valence-electron chi connectivity index (χ4n) is 2.73. The van der Waals surface area contributed by atoms with E-state index in [2.05, 4.69) is 4.98 Å². The minimum atomic E-state index is -0.576. The number of nitro benzene ring substituents is 1. The molecule has 0 spiro atoms. The number of methoxy groups -OCH3 is 1. The Bertz CT molecular complexity index is 1070. The van der Waals surface area contributed by atoms with Crippen molar-refractivity contribution in [1.29, 1.82) is 0 Å². The summed E-state index contributed by atoms with van der Waals surface area (Å²) in [5, 5.41) is 11.2. The number of nitrogens with zero attached hydrogens (tertiary/aromatic N) is 4. The van der Waals surface area contributed by atoms with Crippen LogP contribution in [-0.4, -0.2) is 32.8 Å². The first-order valence-corrected chi connectivity index (χ1v) is 7.82. The lowest BCUT2D eigenvalue weighted by Crippen LogP contribution is -2.41. The molecule has 0 radical (unpaired) electrons. The molecule has 0 amide bonds. The van der Waals surface area contributed by atoms with Gasteiger partial charge in [0.25, 0.3) is 11.2 Å². The second-order valence-electron chi connectivity index (χ2n) is 5.64. The maximum Gasteiger partial charge on any atom is 0.331 e. The zero-order valence-corrected chi connectivity index (χ0v) is 14.0. The lowest BCUT2D eigenvalue weighted by atomic mass is 10.2. The van der Waals surface area contributed by atoms with E-state index in [0.29, 0.717) is 5.52 Å². The Hall–Kier alpha value is -3.33. The van der Waals surface area contributed by atoms with E-state index in [1.165, 1.54) is 29.9 Å². The Morgan fingerprint density at radius 1 is 1.23 bits per heavy atom. The van der Waals surface area contributed by atoms with Gasteiger partial charge in [-0.2, -0.15) is 0 Å². The van der Waals surface area contributed by atoms with Crippen molar-refractivity contribution < 1.29 is 9.66 Å². The fourth-order valence-corrected chi connectivity index (χ4v) is 2.73. The normalized spacial score (nSPS) is 11.0. The number of fused-ring (bicyclic) bond motifs is 1. The molecule has 0 aliphatic heterocycles. The summed E-state index contributed by atoms with van der Waals surface area (Å²) in [7, 11) is 1.46. The molecule has 0 unspecified atom stereocenters. The average molecular weight is 356 g/mol. The largest absolute Gasteiger partial charge is 0.383 e. The summed E-state index contributed by atoms with van der Waals surface area (Å²) >= 11 is 0. The number of hydrogen-bond donors (Lipinski definition) is 0. The molecule has 3 aromatic rings. The van der Waals surface area contributed by atoms with Crippen LogP contribution >= 0.6 is 0 Å². The molecule has 0 atom stereocenters. The summed E-state index contributed by atoms with van der Waals surface area (Å²) in [6.07, 6.45) is 3.24. The van der Waals surface area contributed by atoms with E-state index in [1.807, 2.05) is 0 Å². The third kappa shape index (κ3) is 3.24. The lowest BCUT2D eigenvalue weighted by Gasteiger charge is -2.14. The molecule has 26 heavy (non-hydrogen) atoms. The Morgan fingerprint density at radius 3 is 2.69 bits per heavy atom. The van der Waals surface area contributed by atoms with Gasteiger partial charge in [0.2, 0.25) is 0 Å². The van der Waals surface area contributed by atoms with E-state index in [1.54, 1.807) is 24.5 Å². The molecule has 9 nitrogen and oxygen atoms in total. The standard InChI is InChI=1S/C17H16N4O5/c1-26-8-7-19-16(22)14-9-13(21(24)25)4-5-15(14)20(17(19)23)11-12-3-2-6-18-10-12/h2-6,9-10H,7-8,11H2,1H3. The molecule has 9 heteroatoms. The van der Waals surface area contributed by atoms with Gasteiger partial charge in [0, 0.05) is 31.6 Å². The predicted molar refractivity (Wildman–Crippen MR) is 94.3 cm³/mol. The summed E-state index contributed by atoms with van der Waals surface area (Å²) in [6, 6.07) is 7.45. The quantitative estimate of drug-likeness (QED) is 0.484. The number of benzene rings is 1. The number of non-ortho nitro benzene ring substituents is 1. The van der Waals surface area contributed by atoms with Crippen LogP contribution in [0.15, 0.2) is 52.3 Å². The molecule has 0 saturated heterocycles. The Kier molecular flexibility index (Phi) is 4.90. The van der Waals surface area contributed by atoms with Gasteiger partial charge in [-0.1, -0.05) is 6.07 Å². The lowest BCUT2D eigenvalue weighted by molar-refractivity contribution is -0.384. The number of hydrogen-bond acceptors (Lipinski definition) is 6. The third-order valence-electron chi connectivity index (χ3n) is 4.00. The Morgan fingerprint density at radius 2 is 2.04 bits per heavy atom. The first-order chi connectivity index (χ1) is 12.5. The molecule has 0 fully saturated rings. The maximum atomic E-state index is 12.8. The van der Waals surface area contributed by atoms with Gasteiger partial charge in [0.05, 0.1) is 35.5 Å².